The third-order valence-electron chi connectivity index (χ3n) is 3.13. The molecule has 0 aliphatic rings. The Morgan fingerprint density at radius 1 is 1.17 bits per heavy atom. The SMILES string of the molecule is CN=C(NCCNC(=O)c1ccco1)NCc1ccc(Cl)cc1Cl. The molecule has 128 valence electrons. The van der Waals surface area contributed by atoms with E-state index >= 15 is 0 Å². The van der Waals surface area contributed by atoms with Gasteiger partial charge in [0, 0.05) is 36.7 Å². The molecule has 0 spiro atoms. The Labute approximate surface area is 150 Å². The number of rotatable bonds is 6. The maximum atomic E-state index is 11.7. The first-order valence-corrected chi connectivity index (χ1v) is 8.06. The molecule has 0 unspecified atom stereocenters. The number of furan rings is 1. The number of amides is 1. The summed E-state index contributed by atoms with van der Waals surface area (Å²) >= 11 is 12.0. The maximum Gasteiger partial charge on any atom is 0.287 e. The van der Waals surface area contributed by atoms with Crippen molar-refractivity contribution >= 4 is 35.1 Å². The van der Waals surface area contributed by atoms with Crippen molar-refractivity contribution in [2.24, 2.45) is 4.99 Å². The van der Waals surface area contributed by atoms with Crippen molar-refractivity contribution in [3.8, 4) is 0 Å². The second-order valence-corrected chi connectivity index (χ2v) is 5.67. The largest absolute Gasteiger partial charge is 0.459 e. The van der Waals surface area contributed by atoms with Crippen LogP contribution < -0.4 is 16.0 Å². The van der Waals surface area contributed by atoms with E-state index in [-0.39, 0.29) is 11.7 Å². The Kier molecular flexibility index (Phi) is 6.96. The van der Waals surface area contributed by atoms with Crippen LogP contribution in [0.15, 0.2) is 46.0 Å². The van der Waals surface area contributed by atoms with E-state index in [9.17, 15) is 4.79 Å². The molecule has 24 heavy (non-hydrogen) atoms. The lowest BCUT2D eigenvalue weighted by molar-refractivity contribution is 0.0926. The summed E-state index contributed by atoms with van der Waals surface area (Å²) in [5, 5.41) is 10.2. The van der Waals surface area contributed by atoms with Gasteiger partial charge in [0.05, 0.1) is 6.26 Å². The van der Waals surface area contributed by atoms with Gasteiger partial charge in [-0.15, -0.1) is 0 Å². The van der Waals surface area contributed by atoms with E-state index in [0.717, 1.165) is 5.56 Å². The molecule has 0 aliphatic carbocycles. The van der Waals surface area contributed by atoms with Gasteiger partial charge in [0.25, 0.3) is 5.91 Å². The molecule has 0 radical (unpaired) electrons. The first-order valence-electron chi connectivity index (χ1n) is 7.30. The number of guanidine groups is 1. The number of carbonyl (C=O) groups excluding carboxylic acids is 1. The van der Waals surface area contributed by atoms with E-state index in [1.165, 1.54) is 6.26 Å². The van der Waals surface area contributed by atoms with Crippen molar-refractivity contribution < 1.29 is 9.21 Å². The summed E-state index contributed by atoms with van der Waals surface area (Å²) in [5.41, 5.74) is 0.912. The highest BCUT2D eigenvalue weighted by atomic mass is 35.5. The van der Waals surface area contributed by atoms with Crippen molar-refractivity contribution in [3.05, 3.63) is 58.0 Å². The highest BCUT2D eigenvalue weighted by Crippen LogP contribution is 2.20. The van der Waals surface area contributed by atoms with Gasteiger partial charge < -0.3 is 20.4 Å². The molecular formula is C16H18Cl2N4O2. The number of nitrogens with one attached hydrogen (secondary N) is 3. The van der Waals surface area contributed by atoms with Gasteiger partial charge in [-0.3, -0.25) is 9.79 Å². The Morgan fingerprint density at radius 3 is 2.62 bits per heavy atom. The normalized spacial score (nSPS) is 11.2. The Hall–Kier alpha value is -2.18. The zero-order valence-electron chi connectivity index (χ0n) is 13.1. The van der Waals surface area contributed by atoms with Crippen molar-refractivity contribution in [1.29, 1.82) is 0 Å². The molecule has 1 aromatic heterocycles. The zero-order chi connectivity index (χ0) is 17.4. The molecule has 0 saturated carbocycles. The minimum atomic E-state index is -0.252. The highest BCUT2D eigenvalue weighted by Gasteiger charge is 2.07. The third-order valence-corrected chi connectivity index (χ3v) is 3.72. The lowest BCUT2D eigenvalue weighted by atomic mass is 10.2. The predicted octanol–water partition coefficient (Wildman–Crippen LogP) is 2.68. The second kappa shape index (κ2) is 9.20. The number of nitrogens with zero attached hydrogens (tertiary/aromatic N) is 1. The summed E-state index contributed by atoms with van der Waals surface area (Å²) in [6, 6.07) is 8.61. The molecule has 6 nitrogen and oxygen atoms in total. The molecule has 8 heteroatoms. The van der Waals surface area contributed by atoms with Crippen molar-refractivity contribution in [2.45, 2.75) is 6.54 Å². The molecule has 2 aromatic rings. The molecule has 0 bridgehead atoms. The smallest absolute Gasteiger partial charge is 0.287 e. The second-order valence-electron chi connectivity index (χ2n) is 4.82. The Bertz CT molecular complexity index is 702. The van der Waals surface area contributed by atoms with E-state index in [0.29, 0.717) is 35.6 Å². The van der Waals surface area contributed by atoms with E-state index in [1.54, 1.807) is 31.3 Å². The van der Waals surface area contributed by atoms with Crippen LogP contribution in [-0.2, 0) is 6.54 Å². The maximum absolute atomic E-state index is 11.7. The fraction of sp³-hybridized carbons (Fsp3) is 0.250. The van der Waals surface area contributed by atoms with Crippen LogP contribution in [0.3, 0.4) is 0 Å². The fourth-order valence-electron chi connectivity index (χ4n) is 1.92. The first kappa shape index (κ1) is 18.2. The van der Waals surface area contributed by atoms with Gasteiger partial charge in [0.15, 0.2) is 11.7 Å². The van der Waals surface area contributed by atoms with Gasteiger partial charge in [0.1, 0.15) is 0 Å². The van der Waals surface area contributed by atoms with Gasteiger partial charge in [0.2, 0.25) is 0 Å². The van der Waals surface area contributed by atoms with E-state index in [4.69, 9.17) is 27.6 Å². The van der Waals surface area contributed by atoms with Crippen LogP contribution in [0.4, 0.5) is 0 Å². The number of carbonyl (C=O) groups is 1. The van der Waals surface area contributed by atoms with Gasteiger partial charge in [-0.2, -0.15) is 0 Å². The molecule has 2 rings (SSSR count). The van der Waals surface area contributed by atoms with Crippen LogP contribution in [0.25, 0.3) is 0 Å². The lowest BCUT2D eigenvalue weighted by Gasteiger charge is -2.13. The molecule has 0 saturated heterocycles. The molecule has 1 amide bonds. The van der Waals surface area contributed by atoms with Crippen LogP contribution in [0.2, 0.25) is 10.0 Å². The molecule has 3 N–H and O–H groups in total. The molecular weight excluding hydrogens is 351 g/mol. The first-order chi connectivity index (χ1) is 11.6. The van der Waals surface area contributed by atoms with Crippen molar-refractivity contribution in [2.75, 3.05) is 20.1 Å². The number of benzene rings is 1. The molecule has 0 fully saturated rings. The molecule has 1 aromatic carbocycles. The van der Waals surface area contributed by atoms with Crippen molar-refractivity contribution in [3.63, 3.8) is 0 Å². The fourth-order valence-corrected chi connectivity index (χ4v) is 2.39. The highest BCUT2D eigenvalue weighted by molar-refractivity contribution is 6.35. The van der Waals surface area contributed by atoms with Crippen LogP contribution >= 0.6 is 23.2 Å². The number of halogens is 2. The topological polar surface area (TPSA) is 78.7 Å². The monoisotopic (exact) mass is 368 g/mol. The summed E-state index contributed by atoms with van der Waals surface area (Å²) < 4.78 is 5.01. The summed E-state index contributed by atoms with van der Waals surface area (Å²) in [5.74, 6) is 0.640. The third kappa shape index (κ3) is 5.47. The lowest BCUT2D eigenvalue weighted by Crippen LogP contribution is -2.41. The van der Waals surface area contributed by atoms with Gasteiger partial charge in [-0.05, 0) is 29.8 Å². The summed E-state index contributed by atoms with van der Waals surface area (Å²) in [7, 11) is 1.67. The summed E-state index contributed by atoms with van der Waals surface area (Å²) in [6.07, 6.45) is 1.46. The van der Waals surface area contributed by atoms with Crippen molar-refractivity contribution in [1.82, 2.24) is 16.0 Å². The standard InChI is InChI=1S/C16H18Cl2N4O2/c1-19-16(22-10-11-4-5-12(17)9-13(11)18)21-7-6-20-15(23)14-3-2-8-24-14/h2-5,8-9H,6-7,10H2,1H3,(H,20,23)(H2,19,21,22). The average Bonchev–Trinajstić information content (AvgIpc) is 3.10. The summed E-state index contributed by atoms with van der Waals surface area (Å²) in [4.78, 5) is 15.8. The van der Waals surface area contributed by atoms with Gasteiger partial charge in [-0.25, -0.2) is 0 Å². The number of aliphatic imine (C=N–C) groups is 1. The quantitative estimate of drug-likeness (QED) is 0.416. The average molecular weight is 369 g/mol. The molecule has 0 aliphatic heterocycles. The van der Waals surface area contributed by atoms with Crippen LogP contribution in [0, 0.1) is 0 Å². The van der Waals surface area contributed by atoms with Gasteiger partial charge in [-0.1, -0.05) is 29.3 Å². The zero-order valence-corrected chi connectivity index (χ0v) is 14.6. The minimum absolute atomic E-state index is 0.252. The van der Waals surface area contributed by atoms with Crippen LogP contribution in [-0.4, -0.2) is 32.0 Å². The van der Waals surface area contributed by atoms with Crippen LogP contribution in [0.1, 0.15) is 16.1 Å². The van der Waals surface area contributed by atoms with Crippen LogP contribution in [0.5, 0.6) is 0 Å². The Balaban J connectivity index is 1.71. The minimum Gasteiger partial charge on any atom is -0.459 e. The van der Waals surface area contributed by atoms with E-state index < -0.39 is 0 Å². The van der Waals surface area contributed by atoms with Gasteiger partial charge >= 0.3 is 0 Å². The number of hydrogen-bond acceptors (Lipinski definition) is 3. The van der Waals surface area contributed by atoms with E-state index in [1.807, 2.05) is 6.07 Å². The summed E-state index contributed by atoms with van der Waals surface area (Å²) in [6.45, 7) is 1.46. The Morgan fingerprint density at radius 2 is 1.96 bits per heavy atom. The molecule has 1 heterocycles. The predicted molar refractivity (Wildman–Crippen MR) is 95.7 cm³/mol. The molecule has 0 atom stereocenters. The number of hydrogen-bond donors (Lipinski definition) is 3. The van der Waals surface area contributed by atoms with E-state index in [2.05, 4.69) is 20.9 Å².